The molecular formula is C34H41NO5S. The minimum Gasteiger partial charge on any atom is -0.489 e. The zero-order valence-electron chi connectivity index (χ0n) is 24.2. The van der Waals surface area contributed by atoms with E-state index in [0.717, 1.165) is 57.9 Å². The zero-order valence-corrected chi connectivity index (χ0v) is 25.1. The van der Waals surface area contributed by atoms with Crippen LogP contribution in [0.1, 0.15) is 84.1 Å². The normalized spacial score (nSPS) is 13.8. The Balaban J connectivity index is 1.40. The Morgan fingerprint density at radius 2 is 1.80 bits per heavy atom. The fourth-order valence-corrected chi connectivity index (χ4v) is 6.45. The first-order chi connectivity index (χ1) is 19.6. The summed E-state index contributed by atoms with van der Waals surface area (Å²) in [6, 6.07) is 20.2. The van der Waals surface area contributed by atoms with Crippen LogP contribution in [-0.2, 0) is 29.7 Å². The lowest BCUT2D eigenvalue weighted by Gasteiger charge is -2.25. The smallest absolute Gasteiger partial charge is 0.335 e. The van der Waals surface area contributed by atoms with Gasteiger partial charge in [-0.25, -0.2) is 4.79 Å². The lowest BCUT2D eigenvalue weighted by atomic mass is 9.87. The SMILES string of the molecule is CC(C)(C)c1ccc(COc2ccccc2CCNCC(CCC(=O)O)c2cc(C(=O)O)cc3c2SCCC3)cc1. The molecule has 1 heterocycles. The number of aryl methyl sites for hydroxylation is 1. The van der Waals surface area contributed by atoms with Crippen molar-refractivity contribution in [3.63, 3.8) is 0 Å². The summed E-state index contributed by atoms with van der Waals surface area (Å²) < 4.78 is 6.21. The molecule has 7 heteroatoms. The average molecular weight is 576 g/mol. The number of carboxylic acids is 2. The van der Waals surface area contributed by atoms with Crippen molar-refractivity contribution in [3.05, 3.63) is 94.0 Å². The van der Waals surface area contributed by atoms with Crippen LogP contribution in [0.15, 0.2) is 65.6 Å². The van der Waals surface area contributed by atoms with E-state index in [1.165, 1.54) is 5.56 Å². The Hall–Kier alpha value is -3.29. The van der Waals surface area contributed by atoms with Crippen LogP contribution < -0.4 is 10.1 Å². The monoisotopic (exact) mass is 575 g/mol. The second-order valence-corrected chi connectivity index (χ2v) is 12.8. The van der Waals surface area contributed by atoms with Crippen molar-refractivity contribution in [1.82, 2.24) is 5.32 Å². The van der Waals surface area contributed by atoms with Gasteiger partial charge >= 0.3 is 11.9 Å². The number of nitrogens with one attached hydrogen (secondary N) is 1. The number of ether oxygens (including phenoxy) is 1. The molecule has 3 aromatic carbocycles. The van der Waals surface area contributed by atoms with E-state index in [1.807, 2.05) is 18.2 Å². The van der Waals surface area contributed by atoms with Gasteiger partial charge in [-0.2, -0.15) is 0 Å². The molecule has 3 N–H and O–H groups in total. The van der Waals surface area contributed by atoms with Gasteiger partial charge in [-0.1, -0.05) is 63.2 Å². The number of hydrogen-bond donors (Lipinski definition) is 3. The van der Waals surface area contributed by atoms with Gasteiger partial charge in [0.05, 0.1) is 5.56 Å². The summed E-state index contributed by atoms with van der Waals surface area (Å²) in [5.74, 6) is -0.0341. The maximum absolute atomic E-state index is 11.8. The molecule has 4 rings (SSSR count). The molecule has 0 fully saturated rings. The summed E-state index contributed by atoms with van der Waals surface area (Å²) in [5.41, 5.74) is 5.94. The predicted octanol–water partition coefficient (Wildman–Crippen LogP) is 7.08. The Labute approximate surface area is 247 Å². The fraction of sp³-hybridized carbons (Fsp3) is 0.412. The van der Waals surface area contributed by atoms with E-state index >= 15 is 0 Å². The molecule has 3 aromatic rings. The van der Waals surface area contributed by atoms with E-state index in [-0.39, 0.29) is 23.3 Å². The van der Waals surface area contributed by atoms with Crippen molar-refractivity contribution in [2.45, 2.75) is 75.7 Å². The third-order valence-electron chi connectivity index (χ3n) is 7.57. The Morgan fingerprint density at radius 3 is 2.51 bits per heavy atom. The number of carboxylic acid groups (broad SMARTS) is 2. The highest BCUT2D eigenvalue weighted by atomic mass is 32.2. The number of carbonyl (C=O) groups is 2. The maximum atomic E-state index is 11.8. The number of thioether (sulfide) groups is 1. The first kappa shape index (κ1) is 30.7. The van der Waals surface area contributed by atoms with Gasteiger partial charge in [-0.3, -0.25) is 4.79 Å². The Morgan fingerprint density at radius 1 is 1.05 bits per heavy atom. The minimum atomic E-state index is -0.948. The number of para-hydroxylation sites is 1. The summed E-state index contributed by atoms with van der Waals surface area (Å²) in [5, 5.41) is 22.6. The van der Waals surface area contributed by atoms with Gasteiger partial charge < -0.3 is 20.3 Å². The van der Waals surface area contributed by atoms with Crippen molar-refractivity contribution in [1.29, 1.82) is 0 Å². The molecule has 0 aliphatic carbocycles. The van der Waals surface area contributed by atoms with Crippen LogP contribution in [0.25, 0.3) is 0 Å². The molecule has 0 radical (unpaired) electrons. The van der Waals surface area contributed by atoms with Crippen molar-refractivity contribution in [2.24, 2.45) is 0 Å². The quantitative estimate of drug-likeness (QED) is 0.187. The van der Waals surface area contributed by atoms with Crippen LogP contribution >= 0.6 is 11.8 Å². The van der Waals surface area contributed by atoms with Gasteiger partial charge in [0.2, 0.25) is 0 Å². The minimum absolute atomic E-state index is 0.0382. The van der Waals surface area contributed by atoms with E-state index in [0.29, 0.717) is 26.1 Å². The summed E-state index contributed by atoms with van der Waals surface area (Å²) in [6.45, 7) is 8.38. The molecule has 6 nitrogen and oxygen atoms in total. The Kier molecular flexibility index (Phi) is 10.5. The molecule has 0 saturated heterocycles. The fourth-order valence-electron chi connectivity index (χ4n) is 5.22. The van der Waals surface area contributed by atoms with E-state index in [1.54, 1.807) is 23.9 Å². The number of rotatable bonds is 13. The van der Waals surface area contributed by atoms with E-state index in [4.69, 9.17) is 4.74 Å². The van der Waals surface area contributed by atoms with Gasteiger partial charge in [-0.05, 0) is 95.3 Å². The molecule has 0 bridgehead atoms. The molecule has 1 unspecified atom stereocenters. The maximum Gasteiger partial charge on any atom is 0.335 e. The molecule has 0 saturated carbocycles. The van der Waals surface area contributed by atoms with Crippen molar-refractivity contribution in [3.8, 4) is 5.75 Å². The standard InChI is InChI=1S/C34H41NO5S/c1-34(2,3)28-13-10-23(11-14-28)22-40-30-9-5-4-7-24(30)16-17-35-21-26(12-15-31(36)37)29-20-27(33(38)39)19-25-8-6-18-41-32(25)29/h4-5,7,9-11,13-14,19-20,26,35H,6,8,12,15-18,21-22H2,1-3H3,(H,36,37)(H,38,39). The predicted molar refractivity (Wildman–Crippen MR) is 165 cm³/mol. The van der Waals surface area contributed by atoms with Gasteiger partial charge in [0, 0.05) is 17.9 Å². The average Bonchev–Trinajstić information content (AvgIpc) is 2.95. The first-order valence-electron chi connectivity index (χ1n) is 14.4. The Bertz CT molecular complexity index is 1350. The first-order valence-corrected chi connectivity index (χ1v) is 15.4. The molecule has 0 amide bonds. The highest BCUT2D eigenvalue weighted by Gasteiger charge is 2.24. The highest BCUT2D eigenvalue weighted by molar-refractivity contribution is 7.99. The van der Waals surface area contributed by atoms with Crippen LogP contribution in [0.3, 0.4) is 0 Å². The number of aromatic carboxylic acids is 1. The van der Waals surface area contributed by atoms with Crippen LogP contribution in [-0.4, -0.2) is 41.0 Å². The largest absolute Gasteiger partial charge is 0.489 e. The summed E-state index contributed by atoms with van der Waals surface area (Å²) in [4.78, 5) is 24.4. The molecule has 1 aliphatic rings. The molecule has 1 atom stereocenters. The molecule has 218 valence electrons. The van der Waals surface area contributed by atoms with E-state index in [2.05, 4.69) is 56.4 Å². The third kappa shape index (κ3) is 8.60. The zero-order chi connectivity index (χ0) is 29.4. The van der Waals surface area contributed by atoms with Crippen LogP contribution in [0, 0.1) is 0 Å². The number of hydrogen-bond acceptors (Lipinski definition) is 5. The summed E-state index contributed by atoms with van der Waals surface area (Å²) in [7, 11) is 0. The van der Waals surface area contributed by atoms with Crippen LogP contribution in [0.4, 0.5) is 0 Å². The second kappa shape index (κ2) is 14.1. The number of fused-ring (bicyclic) bond motifs is 1. The molecular weight excluding hydrogens is 534 g/mol. The third-order valence-corrected chi connectivity index (χ3v) is 8.85. The molecule has 41 heavy (non-hydrogen) atoms. The van der Waals surface area contributed by atoms with Gasteiger partial charge in [0.1, 0.15) is 12.4 Å². The van der Waals surface area contributed by atoms with E-state index in [9.17, 15) is 19.8 Å². The summed E-state index contributed by atoms with van der Waals surface area (Å²) in [6.07, 6.45) is 3.12. The van der Waals surface area contributed by atoms with Crippen LogP contribution in [0.2, 0.25) is 0 Å². The van der Waals surface area contributed by atoms with Gasteiger partial charge in [-0.15, -0.1) is 11.8 Å². The van der Waals surface area contributed by atoms with Gasteiger partial charge in [0.25, 0.3) is 0 Å². The van der Waals surface area contributed by atoms with Crippen LogP contribution in [0.5, 0.6) is 5.75 Å². The lowest BCUT2D eigenvalue weighted by molar-refractivity contribution is -0.137. The summed E-state index contributed by atoms with van der Waals surface area (Å²) >= 11 is 1.76. The second-order valence-electron chi connectivity index (χ2n) is 11.7. The molecule has 1 aliphatic heterocycles. The van der Waals surface area contributed by atoms with Crippen molar-refractivity contribution in [2.75, 3.05) is 18.8 Å². The van der Waals surface area contributed by atoms with E-state index < -0.39 is 11.9 Å². The number of aliphatic carboxylic acids is 1. The van der Waals surface area contributed by atoms with Crippen molar-refractivity contribution < 1.29 is 24.5 Å². The highest BCUT2D eigenvalue weighted by Crippen LogP contribution is 2.39. The number of benzene rings is 3. The molecule has 0 spiro atoms. The van der Waals surface area contributed by atoms with Crippen molar-refractivity contribution >= 4 is 23.7 Å². The topological polar surface area (TPSA) is 95.9 Å². The lowest BCUT2D eigenvalue weighted by Crippen LogP contribution is -2.25. The molecule has 0 aromatic heterocycles. The van der Waals surface area contributed by atoms with Gasteiger partial charge in [0.15, 0.2) is 0 Å².